The predicted molar refractivity (Wildman–Crippen MR) is 79.1 cm³/mol. The Labute approximate surface area is 113 Å². The number of alkyl halides is 1. The molecule has 1 aromatic carbocycles. The van der Waals surface area contributed by atoms with E-state index in [4.69, 9.17) is 0 Å². The molecule has 0 N–H and O–H groups in total. The maximum absolute atomic E-state index is 3.52. The van der Waals surface area contributed by atoms with E-state index in [1.807, 2.05) is 0 Å². The van der Waals surface area contributed by atoms with Gasteiger partial charge in [0.25, 0.3) is 0 Å². The van der Waals surface area contributed by atoms with E-state index in [1.165, 1.54) is 36.1 Å². The van der Waals surface area contributed by atoms with Crippen molar-refractivity contribution in [3.05, 3.63) is 29.3 Å². The van der Waals surface area contributed by atoms with Crippen LogP contribution in [0.2, 0.25) is 0 Å². The van der Waals surface area contributed by atoms with E-state index in [0.29, 0.717) is 6.04 Å². The lowest BCUT2D eigenvalue weighted by Crippen LogP contribution is -2.34. The summed E-state index contributed by atoms with van der Waals surface area (Å²) >= 11 is 3.52. The fourth-order valence-corrected chi connectivity index (χ4v) is 3.35. The van der Waals surface area contributed by atoms with Crippen LogP contribution in [0.3, 0.4) is 0 Å². The number of rotatable bonds is 3. The number of nitrogens with zero attached hydrogens (tertiary/aromatic N) is 1. The lowest BCUT2D eigenvalue weighted by Gasteiger charge is -2.32. The molecule has 1 saturated heterocycles. The molecule has 0 bridgehead atoms. The second kappa shape index (κ2) is 5.43. The smallest absolute Gasteiger partial charge is 0.0401 e. The number of benzene rings is 1. The zero-order valence-electron chi connectivity index (χ0n) is 11.0. The van der Waals surface area contributed by atoms with Crippen molar-refractivity contribution < 1.29 is 0 Å². The molecular formula is C15H22BrN. The highest BCUT2D eigenvalue weighted by molar-refractivity contribution is 9.08. The summed E-state index contributed by atoms with van der Waals surface area (Å²) in [5.74, 6) is 0. The average Bonchev–Trinajstić information content (AvgIpc) is 2.70. The lowest BCUT2D eigenvalue weighted by atomic mass is 10.1. The van der Waals surface area contributed by atoms with Crippen molar-refractivity contribution in [3.8, 4) is 0 Å². The van der Waals surface area contributed by atoms with E-state index < -0.39 is 0 Å². The van der Waals surface area contributed by atoms with Gasteiger partial charge in [0, 0.05) is 23.1 Å². The van der Waals surface area contributed by atoms with Crippen LogP contribution in [0.5, 0.6) is 0 Å². The van der Waals surface area contributed by atoms with Crippen LogP contribution in [0.15, 0.2) is 18.2 Å². The first-order chi connectivity index (χ1) is 8.17. The van der Waals surface area contributed by atoms with Crippen molar-refractivity contribution in [3.63, 3.8) is 0 Å². The third-order valence-corrected chi connectivity index (χ3v) is 4.60. The second-order valence-electron chi connectivity index (χ2n) is 5.15. The van der Waals surface area contributed by atoms with Crippen LogP contribution in [0.4, 0.5) is 5.69 Å². The van der Waals surface area contributed by atoms with E-state index in [1.54, 1.807) is 0 Å². The Morgan fingerprint density at radius 2 is 2.12 bits per heavy atom. The van der Waals surface area contributed by atoms with Crippen molar-refractivity contribution in [2.24, 2.45) is 0 Å². The molecular weight excluding hydrogens is 274 g/mol. The molecule has 17 heavy (non-hydrogen) atoms. The zero-order valence-corrected chi connectivity index (χ0v) is 12.6. The topological polar surface area (TPSA) is 3.24 Å². The third-order valence-electron chi connectivity index (χ3n) is 3.95. The minimum absolute atomic E-state index is 0.688. The predicted octanol–water partition coefficient (Wildman–Crippen LogP) is 4.66. The van der Waals surface area contributed by atoms with Gasteiger partial charge in [-0.2, -0.15) is 0 Å². The minimum Gasteiger partial charge on any atom is -0.366 e. The van der Waals surface area contributed by atoms with Gasteiger partial charge in [0.1, 0.15) is 0 Å². The van der Waals surface area contributed by atoms with E-state index in [9.17, 15) is 0 Å². The summed E-state index contributed by atoms with van der Waals surface area (Å²) in [5, 5.41) is 0.945. The molecule has 0 spiro atoms. The van der Waals surface area contributed by atoms with Crippen LogP contribution in [-0.2, 0) is 5.33 Å². The number of hydrogen-bond acceptors (Lipinski definition) is 1. The molecule has 1 nitrogen and oxygen atoms in total. The molecule has 1 fully saturated rings. The summed E-state index contributed by atoms with van der Waals surface area (Å²) in [5.41, 5.74) is 4.21. The molecule has 94 valence electrons. The van der Waals surface area contributed by atoms with E-state index in [-0.39, 0.29) is 0 Å². The second-order valence-corrected chi connectivity index (χ2v) is 5.71. The van der Waals surface area contributed by atoms with Crippen LogP contribution in [0.1, 0.15) is 44.2 Å². The van der Waals surface area contributed by atoms with Crippen LogP contribution in [0.25, 0.3) is 0 Å². The summed E-state index contributed by atoms with van der Waals surface area (Å²) in [6.45, 7) is 6.89. The van der Waals surface area contributed by atoms with E-state index in [2.05, 4.69) is 59.8 Å². The molecule has 1 aliphatic rings. The number of anilines is 1. The summed E-state index contributed by atoms with van der Waals surface area (Å²) in [6, 6.07) is 8.28. The quantitative estimate of drug-likeness (QED) is 0.733. The average molecular weight is 296 g/mol. The molecule has 0 radical (unpaired) electrons. The van der Waals surface area contributed by atoms with Crippen LogP contribution in [-0.4, -0.2) is 12.1 Å². The standard InChI is InChI=1S/C15H22BrN/c1-4-14-7-5-12(3)17(14)15-8-6-13(10-16)9-11(15)2/h6,8-9,12,14H,4-5,7,10H2,1-3H3. The Hall–Kier alpha value is -0.500. The largest absolute Gasteiger partial charge is 0.366 e. The fraction of sp³-hybridized carbons (Fsp3) is 0.600. The van der Waals surface area contributed by atoms with Gasteiger partial charge in [-0.1, -0.05) is 35.0 Å². The zero-order chi connectivity index (χ0) is 12.4. The maximum atomic E-state index is 3.52. The molecule has 2 atom stereocenters. The molecule has 0 aromatic heterocycles. The summed E-state index contributed by atoms with van der Waals surface area (Å²) in [7, 11) is 0. The van der Waals surface area contributed by atoms with E-state index >= 15 is 0 Å². The number of hydrogen-bond donors (Lipinski definition) is 0. The molecule has 2 unspecified atom stereocenters. The lowest BCUT2D eigenvalue weighted by molar-refractivity contribution is 0.626. The summed E-state index contributed by atoms with van der Waals surface area (Å²) in [4.78, 5) is 2.63. The highest BCUT2D eigenvalue weighted by atomic mass is 79.9. The van der Waals surface area contributed by atoms with Gasteiger partial charge in [-0.3, -0.25) is 0 Å². The Morgan fingerprint density at radius 1 is 1.35 bits per heavy atom. The van der Waals surface area contributed by atoms with Crippen LogP contribution < -0.4 is 4.90 Å². The van der Waals surface area contributed by atoms with Gasteiger partial charge in [0.2, 0.25) is 0 Å². The van der Waals surface area contributed by atoms with Crippen LogP contribution >= 0.6 is 15.9 Å². The summed E-state index contributed by atoms with van der Waals surface area (Å²) in [6.07, 6.45) is 3.93. The van der Waals surface area contributed by atoms with Crippen molar-refractivity contribution >= 4 is 21.6 Å². The van der Waals surface area contributed by atoms with Gasteiger partial charge in [0.05, 0.1) is 0 Å². The molecule has 0 saturated carbocycles. The van der Waals surface area contributed by atoms with Gasteiger partial charge in [0.15, 0.2) is 0 Å². The Kier molecular flexibility index (Phi) is 4.13. The normalized spacial score (nSPS) is 24.4. The van der Waals surface area contributed by atoms with Crippen molar-refractivity contribution in [2.75, 3.05) is 4.90 Å². The first kappa shape index (κ1) is 12.9. The third kappa shape index (κ3) is 2.52. The first-order valence-electron chi connectivity index (χ1n) is 6.61. The first-order valence-corrected chi connectivity index (χ1v) is 7.73. The summed E-state index contributed by atoms with van der Waals surface area (Å²) < 4.78 is 0. The van der Waals surface area contributed by atoms with E-state index in [0.717, 1.165) is 11.4 Å². The Balaban J connectivity index is 2.32. The van der Waals surface area contributed by atoms with Gasteiger partial charge in [-0.25, -0.2) is 0 Å². The number of halogens is 1. The molecule has 2 heteroatoms. The maximum Gasteiger partial charge on any atom is 0.0401 e. The Bertz CT molecular complexity index is 389. The Morgan fingerprint density at radius 3 is 2.71 bits per heavy atom. The molecule has 2 rings (SSSR count). The highest BCUT2D eigenvalue weighted by Gasteiger charge is 2.29. The monoisotopic (exact) mass is 295 g/mol. The fourth-order valence-electron chi connectivity index (χ4n) is 3.00. The van der Waals surface area contributed by atoms with Gasteiger partial charge < -0.3 is 4.90 Å². The van der Waals surface area contributed by atoms with Crippen molar-refractivity contribution in [1.82, 2.24) is 0 Å². The molecule has 1 aliphatic heterocycles. The highest BCUT2D eigenvalue weighted by Crippen LogP contribution is 2.34. The van der Waals surface area contributed by atoms with Crippen LogP contribution in [0, 0.1) is 6.92 Å². The van der Waals surface area contributed by atoms with Gasteiger partial charge in [-0.15, -0.1) is 0 Å². The molecule has 1 aromatic rings. The minimum atomic E-state index is 0.688. The molecule has 0 aliphatic carbocycles. The van der Waals surface area contributed by atoms with Gasteiger partial charge in [-0.05, 0) is 50.3 Å². The van der Waals surface area contributed by atoms with Crippen molar-refractivity contribution in [2.45, 2.75) is 57.4 Å². The SMILES string of the molecule is CCC1CCC(C)N1c1ccc(CBr)cc1C. The molecule has 1 heterocycles. The number of aryl methyl sites for hydroxylation is 1. The van der Waals surface area contributed by atoms with Gasteiger partial charge >= 0.3 is 0 Å². The molecule has 0 amide bonds. The van der Waals surface area contributed by atoms with Crippen molar-refractivity contribution in [1.29, 1.82) is 0 Å².